The number of aromatic nitrogens is 1. The van der Waals surface area contributed by atoms with Crippen molar-refractivity contribution in [2.45, 2.75) is 17.4 Å². The SMILES string of the molecule is CN1C(=O)C[C@@H](C(=O)Nc2nc3ccc(S(C)(=O)=O)cc3s2)[C@@H]1c1ccccc1. The normalized spacial score (nSPS) is 19.7. The van der Waals surface area contributed by atoms with Crippen molar-refractivity contribution < 1.29 is 18.0 Å². The van der Waals surface area contributed by atoms with E-state index in [0.717, 1.165) is 11.8 Å². The molecule has 0 unspecified atom stereocenters. The number of carbonyl (C=O) groups is 2. The lowest BCUT2D eigenvalue weighted by atomic mass is 9.93. The number of amides is 2. The Balaban J connectivity index is 1.60. The van der Waals surface area contributed by atoms with Gasteiger partial charge in [-0.1, -0.05) is 41.7 Å². The fraction of sp³-hybridized carbons (Fsp3) is 0.250. The molecule has 0 spiro atoms. The number of likely N-dealkylation sites (tertiary alicyclic amines) is 1. The summed E-state index contributed by atoms with van der Waals surface area (Å²) in [4.78, 5) is 31.4. The molecular weight excluding hydrogens is 410 g/mol. The molecule has 1 aliphatic heterocycles. The van der Waals surface area contributed by atoms with E-state index in [4.69, 9.17) is 0 Å². The summed E-state index contributed by atoms with van der Waals surface area (Å²) in [5.74, 6) is -0.895. The summed E-state index contributed by atoms with van der Waals surface area (Å²) in [6.07, 6.45) is 1.28. The summed E-state index contributed by atoms with van der Waals surface area (Å²) >= 11 is 1.21. The van der Waals surface area contributed by atoms with Gasteiger partial charge in [0.1, 0.15) is 0 Å². The van der Waals surface area contributed by atoms with Crippen LogP contribution >= 0.6 is 11.3 Å². The molecule has 7 nitrogen and oxygen atoms in total. The maximum atomic E-state index is 13.0. The minimum Gasteiger partial charge on any atom is -0.338 e. The zero-order valence-corrected chi connectivity index (χ0v) is 17.5. The highest BCUT2D eigenvalue weighted by molar-refractivity contribution is 7.90. The van der Waals surface area contributed by atoms with Gasteiger partial charge in [-0.25, -0.2) is 13.4 Å². The van der Waals surface area contributed by atoms with E-state index in [2.05, 4.69) is 10.3 Å². The number of hydrogen-bond acceptors (Lipinski definition) is 6. The topological polar surface area (TPSA) is 96.4 Å². The smallest absolute Gasteiger partial charge is 0.232 e. The Morgan fingerprint density at radius 3 is 2.62 bits per heavy atom. The number of sulfone groups is 1. The number of thiazole rings is 1. The van der Waals surface area contributed by atoms with Crippen LogP contribution in [0.25, 0.3) is 10.2 Å². The summed E-state index contributed by atoms with van der Waals surface area (Å²) in [6.45, 7) is 0. The maximum Gasteiger partial charge on any atom is 0.232 e. The van der Waals surface area contributed by atoms with Crippen molar-refractivity contribution in [2.24, 2.45) is 5.92 Å². The van der Waals surface area contributed by atoms with Gasteiger partial charge in [0.15, 0.2) is 15.0 Å². The molecule has 1 saturated heterocycles. The van der Waals surface area contributed by atoms with E-state index in [1.807, 2.05) is 30.3 Å². The van der Waals surface area contributed by atoms with Gasteiger partial charge in [0, 0.05) is 19.7 Å². The Kier molecular flexibility index (Phi) is 4.87. The quantitative estimate of drug-likeness (QED) is 0.688. The zero-order valence-electron chi connectivity index (χ0n) is 15.8. The van der Waals surface area contributed by atoms with Crippen LogP contribution in [0.15, 0.2) is 53.4 Å². The zero-order chi connectivity index (χ0) is 20.8. The summed E-state index contributed by atoms with van der Waals surface area (Å²) in [5.41, 5.74) is 1.51. The molecule has 2 amide bonds. The van der Waals surface area contributed by atoms with E-state index >= 15 is 0 Å². The van der Waals surface area contributed by atoms with Gasteiger partial charge < -0.3 is 10.2 Å². The standard InChI is InChI=1S/C20H19N3O4S2/c1-23-17(24)11-14(18(23)12-6-4-3-5-7-12)19(25)22-20-21-15-9-8-13(29(2,26)27)10-16(15)28-20/h3-10,14,18H,11H2,1-2H3,(H,21,22,25)/t14-,18+/m1/s1. The molecule has 150 valence electrons. The first-order chi connectivity index (χ1) is 13.7. The van der Waals surface area contributed by atoms with Crippen molar-refractivity contribution >= 4 is 48.3 Å². The van der Waals surface area contributed by atoms with E-state index in [-0.39, 0.29) is 29.2 Å². The molecule has 3 aromatic rings. The Morgan fingerprint density at radius 1 is 1.21 bits per heavy atom. The second kappa shape index (κ2) is 7.23. The molecule has 0 saturated carbocycles. The molecule has 0 radical (unpaired) electrons. The predicted molar refractivity (Wildman–Crippen MR) is 111 cm³/mol. The van der Waals surface area contributed by atoms with Gasteiger partial charge in [-0.15, -0.1) is 0 Å². The maximum absolute atomic E-state index is 13.0. The lowest BCUT2D eigenvalue weighted by Crippen LogP contribution is -2.29. The molecule has 2 heterocycles. The lowest BCUT2D eigenvalue weighted by molar-refractivity contribution is -0.127. The first-order valence-corrected chi connectivity index (χ1v) is 11.7. The fourth-order valence-electron chi connectivity index (χ4n) is 3.60. The van der Waals surface area contributed by atoms with Gasteiger partial charge in [-0.05, 0) is 23.8 Å². The molecule has 1 N–H and O–H groups in total. The van der Waals surface area contributed by atoms with Crippen LogP contribution in [0, 0.1) is 5.92 Å². The molecule has 2 aromatic carbocycles. The van der Waals surface area contributed by atoms with Gasteiger partial charge >= 0.3 is 0 Å². The molecule has 2 atom stereocenters. The predicted octanol–water partition coefficient (Wildman–Crippen LogP) is 2.86. The minimum absolute atomic E-state index is 0.0823. The Labute approximate surface area is 172 Å². The van der Waals surface area contributed by atoms with E-state index < -0.39 is 15.8 Å². The molecule has 4 rings (SSSR count). The third kappa shape index (κ3) is 3.75. The molecule has 0 bridgehead atoms. The number of nitrogens with zero attached hydrogens (tertiary/aromatic N) is 2. The summed E-state index contributed by atoms with van der Waals surface area (Å²) in [5, 5.41) is 3.19. The number of nitrogens with one attached hydrogen (secondary N) is 1. The number of carbonyl (C=O) groups excluding carboxylic acids is 2. The second-order valence-electron chi connectivity index (χ2n) is 7.08. The molecule has 1 fully saturated rings. The van der Waals surface area contributed by atoms with E-state index in [1.165, 1.54) is 17.4 Å². The number of anilines is 1. The second-order valence-corrected chi connectivity index (χ2v) is 10.1. The van der Waals surface area contributed by atoms with Crippen LogP contribution in [0.5, 0.6) is 0 Å². The van der Waals surface area contributed by atoms with Gasteiger partial charge in [0.05, 0.1) is 27.1 Å². The number of fused-ring (bicyclic) bond motifs is 1. The van der Waals surface area contributed by atoms with Gasteiger partial charge in [-0.2, -0.15) is 0 Å². The highest BCUT2D eigenvalue weighted by Gasteiger charge is 2.42. The van der Waals surface area contributed by atoms with Crippen LogP contribution in [0.2, 0.25) is 0 Å². The average Bonchev–Trinajstić information content (AvgIpc) is 3.21. The van der Waals surface area contributed by atoms with Crippen LogP contribution in [0.3, 0.4) is 0 Å². The van der Waals surface area contributed by atoms with Crippen molar-refractivity contribution in [1.29, 1.82) is 0 Å². The van der Waals surface area contributed by atoms with Crippen molar-refractivity contribution in [3.63, 3.8) is 0 Å². The minimum atomic E-state index is -3.32. The van der Waals surface area contributed by atoms with Crippen LogP contribution < -0.4 is 5.32 Å². The summed E-state index contributed by atoms with van der Waals surface area (Å²) in [7, 11) is -1.62. The largest absolute Gasteiger partial charge is 0.338 e. The van der Waals surface area contributed by atoms with Crippen LogP contribution in [0.4, 0.5) is 5.13 Å². The molecule has 1 aliphatic rings. The number of hydrogen-bond donors (Lipinski definition) is 1. The average molecular weight is 430 g/mol. The van der Waals surface area contributed by atoms with Crippen molar-refractivity contribution in [1.82, 2.24) is 9.88 Å². The van der Waals surface area contributed by atoms with Crippen molar-refractivity contribution in [2.75, 3.05) is 18.6 Å². The van der Waals surface area contributed by atoms with Gasteiger partial charge in [0.2, 0.25) is 11.8 Å². The molecular formula is C20H19N3O4S2. The van der Waals surface area contributed by atoms with E-state index in [1.54, 1.807) is 24.1 Å². The first-order valence-electron chi connectivity index (χ1n) is 8.96. The highest BCUT2D eigenvalue weighted by Crippen LogP contribution is 2.38. The van der Waals surface area contributed by atoms with Gasteiger partial charge in [-0.3, -0.25) is 9.59 Å². The molecule has 0 aliphatic carbocycles. The third-order valence-corrected chi connectivity index (χ3v) is 7.13. The Hall–Kier alpha value is -2.78. The molecule has 1 aromatic heterocycles. The first kappa shape index (κ1) is 19.5. The fourth-order valence-corrected chi connectivity index (χ4v) is 5.23. The Bertz CT molecular complexity index is 1200. The monoisotopic (exact) mass is 429 g/mol. The number of benzene rings is 2. The summed E-state index contributed by atoms with van der Waals surface area (Å²) < 4.78 is 24.2. The van der Waals surface area contributed by atoms with Crippen molar-refractivity contribution in [3.8, 4) is 0 Å². The molecule has 29 heavy (non-hydrogen) atoms. The lowest BCUT2D eigenvalue weighted by Gasteiger charge is -2.24. The highest BCUT2D eigenvalue weighted by atomic mass is 32.2. The number of rotatable bonds is 4. The molecule has 9 heteroatoms. The van der Waals surface area contributed by atoms with E-state index in [0.29, 0.717) is 15.3 Å². The van der Waals surface area contributed by atoms with Crippen LogP contribution in [-0.4, -0.2) is 43.4 Å². The van der Waals surface area contributed by atoms with Crippen molar-refractivity contribution in [3.05, 3.63) is 54.1 Å². The third-order valence-electron chi connectivity index (χ3n) is 5.08. The van der Waals surface area contributed by atoms with Gasteiger partial charge in [0.25, 0.3) is 0 Å². The van der Waals surface area contributed by atoms with E-state index in [9.17, 15) is 18.0 Å². The Morgan fingerprint density at radius 2 is 1.93 bits per heavy atom. The van der Waals surface area contributed by atoms with Crippen LogP contribution in [0.1, 0.15) is 18.0 Å². The summed E-state index contributed by atoms with van der Waals surface area (Å²) in [6, 6.07) is 13.8. The van der Waals surface area contributed by atoms with Crippen LogP contribution in [-0.2, 0) is 19.4 Å².